The molecule has 4 aromatic rings. The minimum atomic E-state index is 0.414. The minimum Gasteiger partial charge on any atom is -0.489 e. The van der Waals surface area contributed by atoms with Crippen LogP contribution in [0.5, 0.6) is 5.75 Å². The van der Waals surface area contributed by atoms with Crippen LogP contribution in [-0.4, -0.2) is 65.9 Å². The van der Waals surface area contributed by atoms with Crippen LogP contribution in [0, 0.1) is 0 Å². The lowest BCUT2D eigenvalue weighted by atomic mass is 10.2. The number of benzene rings is 1. The molecule has 0 saturated carbocycles. The van der Waals surface area contributed by atoms with Gasteiger partial charge >= 0.3 is 0 Å². The summed E-state index contributed by atoms with van der Waals surface area (Å²) >= 11 is 6.47. The number of pyridine rings is 1. The maximum absolute atomic E-state index is 6.47. The van der Waals surface area contributed by atoms with Crippen molar-refractivity contribution < 1.29 is 9.47 Å². The van der Waals surface area contributed by atoms with Gasteiger partial charge in [0.15, 0.2) is 0 Å². The fourth-order valence-electron chi connectivity index (χ4n) is 3.92. The van der Waals surface area contributed by atoms with E-state index in [-0.39, 0.29) is 0 Å². The van der Waals surface area contributed by atoms with Gasteiger partial charge in [-0.3, -0.25) is 4.40 Å². The Hall–Kier alpha value is -3.40. The Labute approximate surface area is 202 Å². The molecule has 4 heterocycles. The third-order valence-corrected chi connectivity index (χ3v) is 5.92. The topological polar surface area (TPSA) is 88.8 Å². The molecule has 0 aliphatic carbocycles. The summed E-state index contributed by atoms with van der Waals surface area (Å²) in [4.78, 5) is 15.9. The first-order chi connectivity index (χ1) is 16.7. The number of halogens is 1. The molecular weight excluding hydrogens is 454 g/mol. The van der Waals surface area contributed by atoms with E-state index in [1.54, 1.807) is 19.5 Å². The van der Waals surface area contributed by atoms with Crippen molar-refractivity contribution in [1.29, 1.82) is 0 Å². The number of imidazole rings is 1. The van der Waals surface area contributed by atoms with Crippen LogP contribution in [0.25, 0.3) is 17.0 Å². The minimum absolute atomic E-state index is 0.414. The average Bonchev–Trinajstić information content (AvgIpc) is 3.31. The maximum Gasteiger partial charge on any atom is 0.227 e. The van der Waals surface area contributed by atoms with E-state index in [9.17, 15) is 0 Å². The second kappa shape index (κ2) is 10.3. The van der Waals surface area contributed by atoms with Gasteiger partial charge in [0.1, 0.15) is 23.7 Å². The van der Waals surface area contributed by atoms with Crippen LogP contribution < -0.4 is 20.3 Å². The van der Waals surface area contributed by atoms with Gasteiger partial charge in [-0.15, -0.1) is 0 Å². The smallest absolute Gasteiger partial charge is 0.227 e. The summed E-state index contributed by atoms with van der Waals surface area (Å²) in [7, 11) is 1.66. The van der Waals surface area contributed by atoms with Gasteiger partial charge in [-0.05, 0) is 24.3 Å². The van der Waals surface area contributed by atoms with E-state index < -0.39 is 0 Å². The van der Waals surface area contributed by atoms with E-state index in [2.05, 4.69) is 31.6 Å². The van der Waals surface area contributed by atoms with Crippen molar-refractivity contribution in [2.24, 2.45) is 0 Å². The van der Waals surface area contributed by atoms with Gasteiger partial charge in [-0.1, -0.05) is 17.7 Å². The molecule has 1 aliphatic rings. The van der Waals surface area contributed by atoms with Crippen molar-refractivity contribution in [2.45, 2.75) is 0 Å². The molecule has 0 bridgehead atoms. The molecule has 0 radical (unpaired) electrons. The van der Waals surface area contributed by atoms with E-state index in [4.69, 9.17) is 26.1 Å². The number of piperazine rings is 1. The van der Waals surface area contributed by atoms with Gasteiger partial charge in [-0.25, -0.2) is 15.0 Å². The van der Waals surface area contributed by atoms with Crippen LogP contribution in [0.4, 0.5) is 17.3 Å². The standard InChI is InChI=1S/C24H26ClN7O2/c1-33-12-13-34-21-14-17(31-10-7-26-8-11-31)5-6-19(21)29-24-28-15-18(25)23(30-24)20-16-27-22-4-2-3-9-32(20)22/h2-6,9,14-16,26H,7-8,10-13H2,1H3,(H,28,29,30). The Morgan fingerprint density at radius 1 is 1.09 bits per heavy atom. The largest absolute Gasteiger partial charge is 0.489 e. The highest BCUT2D eigenvalue weighted by Crippen LogP contribution is 2.33. The van der Waals surface area contributed by atoms with Crippen molar-refractivity contribution in [3.05, 3.63) is 60.0 Å². The first kappa shape index (κ1) is 22.4. The molecule has 5 rings (SSSR count). The maximum atomic E-state index is 6.47. The number of hydrogen-bond acceptors (Lipinski definition) is 8. The summed E-state index contributed by atoms with van der Waals surface area (Å²) in [6.45, 7) is 4.76. The fourth-order valence-corrected chi connectivity index (χ4v) is 4.11. The van der Waals surface area contributed by atoms with Crippen molar-refractivity contribution >= 4 is 34.6 Å². The number of fused-ring (bicyclic) bond motifs is 1. The zero-order valence-corrected chi connectivity index (χ0v) is 19.6. The van der Waals surface area contributed by atoms with Gasteiger partial charge in [0.2, 0.25) is 5.95 Å². The fraction of sp³-hybridized carbons (Fsp3) is 0.292. The molecule has 0 atom stereocenters. The molecule has 34 heavy (non-hydrogen) atoms. The van der Waals surface area contributed by atoms with Gasteiger partial charge < -0.3 is 25.0 Å². The average molecular weight is 480 g/mol. The SMILES string of the molecule is COCCOc1cc(N2CCNCC2)ccc1Nc1ncc(Cl)c(-c2cnc3ccccn23)n1. The lowest BCUT2D eigenvalue weighted by molar-refractivity contribution is 0.146. The molecule has 176 valence electrons. The summed E-state index contributed by atoms with van der Waals surface area (Å²) in [6.07, 6.45) is 5.28. The summed E-state index contributed by atoms with van der Waals surface area (Å²) in [5, 5.41) is 7.13. The molecule has 1 saturated heterocycles. The molecule has 3 aromatic heterocycles. The predicted molar refractivity (Wildman–Crippen MR) is 133 cm³/mol. The highest BCUT2D eigenvalue weighted by Gasteiger charge is 2.16. The summed E-state index contributed by atoms with van der Waals surface area (Å²) in [5.74, 6) is 1.12. The van der Waals surface area contributed by atoms with E-state index in [0.29, 0.717) is 35.6 Å². The second-order valence-corrected chi connectivity index (χ2v) is 8.25. The van der Waals surface area contributed by atoms with Crippen LogP contribution >= 0.6 is 11.6 Å². The monoisotopic (exact) mass is 479 g/mol. The molecule has 0 amide bonds. The van der Waals surface area contributed by atoms with Gasteiger partial charge in [0.25, 0.3) is 0 Å². The summed E-state index contributed by atoms with van der Waals surface area (Å²) < 4.78 is 13.1. The first-order valence-corrected chi connectivity index (χ1v) is 11.5. The van der Waals surface area contributed by atoms with Crippen LogP contribution in [0.2, 0.25) is 5.02 Å². The molecule has 1 aromatic carbocycles. The van der Waals surface area contributed by atoms with Crippen LogP contribution in [0.1, 0.15) is 0 Å². The molecule has 1 aliphatic heterocycles. The number of anilines is 3. The number of nitrogens with zero attached hydrogens (tertiary/aromatic N) is 5. The Bertz CT molecular complexity index is 1270. The van der Waals surface area contributed by atoms with Gasteiger partial charge in [-0.2, -0.15) is 0 Å². The van der Waals surface area contributed by atoms with E-state index in [0.717, 1.165) is 48.9 Å². The number of hydrogen-bond donors (Lipinski definition) is 2. The number of ether oxygens (including phenoxy) is 2. The summed E-state index contributed by atoms with van der Waals surface area (Å²) in [5.41, 5.74) is 4.08. The molecule has 0 spiro atoms. The number of aromatic nitrogens is 4. The third-order valence-electron chi connectivity index (χ3n) is 5.64. The van der Waals surface area contributed by atoms with Crippen molar-refractivity contribution in [3.8, 4) is 17.1 Å². The Balaban J connectivity index is 1.45. The van der Waals surface area contributed by atoms with Crippen LogP contribution in [-0.2, 0) is 4.74 Å². The van der Waals surface area contributed by atoms with Crippen LogP contribution in [0.15, 0.2) is 55.0 Å². The highest BCUT2D eigenvalue weighted by molar-refractivity contribution is 6.32. The van der Waals surface area contributed by atoms with Crippen LogP contribution in [0.3, 0.4) is 0 Å². The van der Waals surface area contributed by atoms with E-state index in [1.165, 1.54) is 0 Å². The number of nitrogens with one attached hydrogen (secondary N) is 2. The van der Waals surface area contributed by atoms with Gasteiger partial charge in [0, 0.05) is 51.2 Å². The van der Waals surface area contributed by atoms with Crippen molar-refractivity contribution in [1.82, 2.24) is 24.7 Å². The Morgan fingerprint density at radius 2 is 1.97 bits per heavy atom. The molecule has 10 heteroatoms. The van der Waals surface area contributed by atoms with Crippen molar-refractivity contribution in [3.63, 3.8) is 0 Å². The zero-order chi connectivity index (χ0) is 23.3. The zero-order valence-electron chi connectivity index (χ0n) is 18.9. The third kappa shape index (κ3) is 4.77. The molecule has 2 N–H and O–H groups in total. The van der Waals surface area contributed by atoms with Gasteiger partial charge in [0.05, 0.1) is 35.4 Å². The van der Waals surface area contributed by atoms with Crippen molar-refractivity contribution in [2.75, 3.05) is 56.7 Å². The molecule has 9 nitrogen and oxygen atoms in total. The first-order valence-electron chi connectivity index (χ1n) is 11.2. The summed E-state index contributed by atoms with van der Waals surface area (Å²) in [6, 6.07) is 11.9. The normalized spacial score (nSPS) is 13.9. The molecular formula is C24H26ClN7O2. The Kier molecular flexibility index (Phi) is 6.75. The Morgan fingerprint density at radius 3 is 2.82 bits per heavy atom. The number of methoxy groups -OCH3 is 1. The predicted octanol–water partition coefficient (Wildman–Crippen LogP) is 3.62. The van der Waals surface area contributed by atoms with E-state index in [1.807, 2.05) is 40.9 Å². The number of rotatable bonds is 8. The quantitative estimate of drug-likeness (QED) is 0.370. The highest BCUT2D eigenvalue weighted by atomic mass is 35.5. The lowest BCUT2D eigenvalue weighted by Crippen LogP contribution is -2.43. The second-order valence-electron chi connectivity index (χ2n) is 7.85. The molecule has 1 fully saturated rings. The molecule has 0 unspecified atom stereocenters. The van der Waals surface area contributed by atoms with E-state index >= 15 is 0 Å². The lowest BCUT2D eigenvalue weighted by Gasteiger charge is -2.30.